The van der Waals surface area contributed by atoms with E-state index in [0.717, 1.165) is 5.56 Å². The average molecular weight is 287 g/mol. The van der Waals surface area contributed by atoms with Crippen molar-refractivity contribution in [2.75, 3.05) is 19.5 Å². The van der Waals surface area contributed by atoms with Gasteiger partial charge in [-0.3, -0.25) is 10.1 Å². The number of hydrogen-bond acceptors (Lipinski definition) is 4. The Kier molecular flexibility index (Phi) is 4.61. The molecule has 110 valence electrons. The summed E-state index contributed by atoms with van der Waals surface area (Å²) in [5.41, 5.74) is 0.756. The first kappa shape index (κ1) is 14.6. The number of methoxy groups -OCH3 is 2. The number of nitrogens with one attached hydrogen (secondary N) is 1. The van der Waals surface area contributed by atoms with E-state index in [0.29, 0.717) is 17.4 Å². The van der Waals surface area contributed by atoms with Crippen LogP contribution in [0.15, 0.2) is 36.7 Å². The monoisotopic (exact) mass is 287 g/mol. The lowest BCUT2D eigenvalue weighted by Gasteiger charge is -2.07. The Hall–Kier alpha value is -2.76. The van der Waals surface area contributed by atoms with Crippen LogP contribution in [0.1, 0.15) is 5.56 Å². The van der Waals surface area contributed by atoms with Crippen molar-refractivity contribution in [2.24, 2.45) is 7.05 Å². The van der Waals surface area contributed by atoms with Crippen LogP contribution in [-0.2, 0) is 11.8 Å². The first-order chi connectivity index (χ1) is 10.1. The molecule has 0 aliphatic rings. The molecule has 1 aromatic carbocycles. The maximum Gasteiger partial charge on any atom is 0.250 e. The summed E-state index contributed by atoms with van der Waals surface area (Å²) in [7, 11) is 4.97. The van der Waals surface area contributed by atoms with Gasteiger partial charge in [-0.25, -0.2) is 4.98 Å². The lowest BCUT2D eigenvalue weighted by molar-refractivity contribution is -0.111. The third-order valence-corrected chi connectivity index (χ3v) is 2.91. The third-order valence-electron chi connectivity index (χ3n) is 2.91. The van der Waals surface area contributed by atoms with E-state index in [4.69, 9.17) is 9.47 Å². The molecule has 0 radical (unpaired) electrons. The molecule has 0 atom stereocenters. The number of benzene rings is 1. The van der Waals surface area contributed by atoms with E-state index in [-0.39, 0.29) is 5.91 Å². The molecule has 0 spiro atoms. The molecule has 0 aliphatic carbocycles. The van der Waals surface area contributed by atoms with Crippen molar-refractivity contribution < 1.29 is 14.3 Å². The van der Waals surface area contributed by atoms with Crippen LogP contribution in [0.4, 0.5) is 5.95 Å². The summed E-state index contributed by atoms with van der Waals surface area (Å²) < 4.78 is 12.1. The number of ether oxygens (including phenoxy) is 2. The van der Waals surface area contributed by atoms with Crippen molar-refractivity contribution in [3.63, 3.8) is 0 Å². The zero-order valence-electron chi connectivity index (χ0n) is 12.2. The number of carbonyl (C=O) groups is 1. The minimum atomic E-state index is -0.269. The van der Waals surface area contributed by atoms with Crippen molar-refractivity contribution in [3.05, 3.63) is 42.2 Å². The molecule has 1 aromatic heterocycles. The maximum atomic E-state index is 11.9. The summed E-state index contributed by atoms with van der Waals surface area (Å²) in [4.78, 5) is 15.9. The Morgan fingerprint density at radius 1 is 1.33 bits per heavy atom. The molecule has 0 saturated heterocycles. The molecule has 1 N–H and O–H groups in total. The van der Waals surface area contributed by atoms with Crippen LogP contribution in [0, 0.1) is 0 Å². The SMILES string of the molecule is COc1ccc(OC)c(/C=C/C(=O)Nc2nccn2C)c1. The molecule has 0 saturated carbocycles. The maximum absolute atomic E-state index is 11.9. The van der Waals surface area contributed by atoms with Crippen molar-refractivity contribution in [1.29, 1.82) is 0 Å². The fourth-order valence-corrected chi connectivity index (χ4v) is 1.77. The number of aryl methyl sites for hydroxylation is 1. The molecule has 2 rings (SSSR count). The first-order valence-electron chi connectivity index (χ1n) is 6.32. The van der Waals surface area contributed by atoms with E-state index in [1.54, 1.807) is 62.5 Å². The van der Waals surface area contributed by atoms with Crippen LogP contribution in [0.25, 0.3) is 6.08 Å². The molecule has 1 amide bonds. The van der Waals surface area contributed by atoms with E-state index < -0.39 is 0 Å². The number of nitrogens with zero attached hydrogens (tertiary/aromatic N) is 2. The number of aromatic nitrogens is 2. The van der Waals surface area contributed by atoms with Crippen molar-refractivity contribution in [2.45, 2.75) is 0 Å². The molecule has 0 bridgehead atoms. The molecule has 2 aromatic rings. The van der Waals surface area contributed by atoms with Gasteiger partial charge < -0.3 is 14.0 Å². The molecule has 21 heavy (non-hydrogen) atoms. The highest BCUT2D eigenvalue weighted by Gasteiger charge is 2.05. The number of imidazole rings is 1. The Bertz CT molecular complexity index is 662. The van der Waals surface area contributed by atoms with Gasteiger partial charge in [0.25, 0.3) is 5.91 Å². The molecule has 1 heterocycles. The van der Waals surface area contributed by atoms with Crippen LogP contribution in [-0.4, -0.2) is 29.7 Å². The zero-order valence-corrected chi connectivity index (χ0v) is 12.2. The number of carbonyl (C=O) groups excluding carboxylic acids is 1. The summed E-state index contributed by atoms with van der Waals surface area (Å²) in [5, 5.41) is 2.68. The van der Waals surface area contributed by atoms with Crippen LogP contribution < -0.4 is 14.8 Å². The largest absolute Gasteiger partial charge is 0.497 e. The lowest BCUT2D eigenvalue weighted by atomic mass is 10.1. The molecule has 0 aliphatic heterocycles. The minimum Gasteiger partial charge on any atom is -0.497 e. The van der Waals surface area contributed by atoms with Crippen molar-refractivity contribution in [1.82, 2.24) is 9.55 Å². The molecule has 0 fully saturated rings. The van der Waals surface area contributed by atoms with Gasteiger partial charge in [0, 0.05) is 31.1 Å². The summed E-state index contributed by atoms with van der Waals surface area (Å²) >= 11 is 0. The molecule has 6 heteroatoms. The summed E-state index contributed by atoms with van der Waals surface area (Å²) in [5.74, 6) is 1.58. The predicted octanol–water partition coefficient (Wildman–Crippen LogP) is 2.09. The molecular weight excluding hydrogens is 270 g/mol. The quantitative estimate of drug-likeness (QED) is 0.855. The Morgan fingerprint density at radius 2 is 2.14 bits per heavy atom. The standard InChI is InChI=1S/C15H17N3O3/c1-18-9-8-16-15(18)17-14(19)7-4-11-10-12(20-2)5-6-13(11)21-3/h4-10H,1-3H3,(H,16,17,19)/b7-4+. The van der Waals surface area contributed by atoms with E-state index in [2.05, 4.69) is 10.3 Å². The second-order valence-corrected chi connectivity index (χ2v) is 4.29. The highest BCUT2D eigenvalue weighted by atomic mass is 16.5. The predicted molar refractivity (Wildman–Crippen MR) is 80.4 cm³/mol. The van der Waals surface area contributed by atoms with Crippen LogP contribution in [0.2, 0.25) is 0 Å². The van der Waals surface area contributed by atoms with Gasteiger partial charge in [0.05, 0.1) is 14.2 Å². The van der Waals surface area contributed by atoms with E-state index in [9.17, 15) is 4.79 Å². The topological polar surface area (TPSA) is 65.4 Å². The second-order valence-electron chi connectivity index (χ2n) is 4.29. The number of hydrogen-bond donors (Lipinski definition) is 1. The van der Waals surface area contributed by atoms with Gasteiger partial charge in [0.2, 0.25) is 5.95 Å². The number of anilines is 1. The van der Waals surface area contributed by atoms with Gasteiger partial charge in [0.15, 0.2) is 0 Å². The molecular formula is C15H17N3O3. The summed E-state index contributed by atoms with van der Waals surface area (Å²) in [6.45, 7) is 0. The van der Waals surface area contributed by atoms with Gasteiger partial charge in [-0.05, 0) is 24.3 Å². The first-order valence-corrected chi connectivity index (χ1v) is 6.32. The van der Waals surface area contributed by atoms with Crippen LogP contribution >= 0.6 is 0 Å². The van der Waals surface area contributed by atoms with Gasteiger partial charge in [-0.2, -0.15) is 0 Å². The lowest BCUT2D eigenvalue weighted by Crippen LogP contribution is -2.11. The number of amides is 1. The van der Waals surface area contributed by atoms with E-state index in [1.807, 2.05) is 0 Å². The van der Waals surface area contributed by atoms with Crippen molar-refractivity contribution in [3.8, 4) is 11.5 Å². The smallest absolute Gasteiger partial charge is 0.250 e. The Morgan fingerprint density at radius 3 is 2.76 bits per heavy atom. The van der Waals surface area contributed by atoms with E-state index in [1.165, 1.54) is 6.08 Å². The minimum absolute atomic E-state index is 0.269. The summed E-state index contributed by atoms with van der Waals surface area (Å²) in [6.07, 6.45) is 6.46. The summed E-state index contributed by atoms with van der Waals surface area (Å²) in [6, 6.07) is 5.38. The second kappa shape index (κ2) is 6.60. The molecule has 6 nitrogen and oxygen atoms in total. The van der Waals surface area contributed by atoms with Crippen LogP contribution in [0.3, 0.4) is 0 Å². The highest BCUT2D eigenvalue weighted by Crippen LogP contribution is 2.25. The average Bonchev–Trinajstić information content (AvgIpc) is 2.90. The molecule has 0 unspecified atom stereocenters. The van der Waals surface area contributed by atoms with Gasteiger partial charge in [-0.15, -0.1) is 0 Å². The zero-order chi connectivity index (χ0) is 15.2. The van der Waals surface area contributed by atoms with E-state index >= 15 is 0 Å². The highest BCUT2D eigenvalue weighted by molar-refractivity contribution is 6.01. The van der Waals surface area contributed by atoms with Crippen molar-refractivity contribution >= 4 is 17.9 Å². The normalized spacial score (nSPS) is 10.6. The third kappa shape index (κ3) is 3.62. The van der Waals surface area contributed by atoms with Gasteiger partial charge in [0.1, 0.15) is 11.5 Å². The van der Waals surface area contributed by atoms with Gasteiger partial charge in [-0.1, -0.05) is 0 Å². The fourth-order valence-electron chi connectivity index (χ4n) is 1.77. The fraction of sp³-hybridized carbons (Fsp3) is 0.200. The Balaban J connectivity index is 2.13. The van der Waals surface area contributed by atoms with Crippen LogP contribution in [0.5, 0.6) is 11.5 Å². The van der Waals surface area contributed by atoms with Gasteiger partial charge >= 0.3 is 0 Å². The Labute approximate surface area is 123 Å². The number of rotatable bonds is 5.